The van der Waals surface area contributed by atoms with Gasteiger partial charge in [0.15, 0.2) is 0 Å². The summed E-state index contributed by atoms with van der Waals surface area (Å²) in [5, 5.41) is 0.193. The summed E-state index contributed by atoms with van der Waals surface area (Å²) in [4.78, 5) is 0. The molecule has 0 saturated carbocycles. The second-order valence-electron chi connectivity index (χ2n) is 4.46. The fourth-order valence-electron chi connectivity index (χ4n) is 1.72. The molecule has 0 rings (SSSR count). The van der Waals surface area contributed by atoms with Crippen LogP contribution >= 0.6 is 0 Å². The van der Waals surface area contributed by atoms with Gasteiger partial charge in [0.25, 0.3) is 0 Å². The van der Waals surface area contributed by atoms with E-state index in [-0.39, 0.29) is 11.3 Å². The Bertz CT molecular complexity index is 184. The van der Waals surface area contributed by atoms with Crippen LogP contribution in [0.25, 0.3) is 0 Å². The molecule has 2 N–H and O–H groups in total. The summed E-state index contributed by atoms with van der Waals surface area (Å²) >= 11 is 0. The minimum atomic E-state index is -0.744. The van der Waals surface area contributed by atoms with Gasteiger partial charge in [-0.1, -0.05) is 40.5 Å². The van der Waals surface area contributed by atoms with Crippen molar-refractivity contribution >= 4 is 10.8 Å². The third-order valence-corrected chi connectivity index (χ3v) is 5.24. The molecule has 15 heavy (non-hydrogen) atoms. The maximum atomic E-state index is 12.1. The van der Waals surface area contributed by atoms with Crippen LogP contribution in [0.1, 0.15) is 53.4 Å². The summed E-state index contributed by atoms with van der Waals surface area (Å²) < 4.78 is 12.1. The van der Waals surface area contributed by atoms with Crippen LogP contribution in [0.4, 0.5) is 0 Å². The maximum absolute atomic E-state index is 12.1. The van der Waals surface area contributed by atoms with Gasteiger partial charge in [-0.2, -0.15) is 0 Å². The van der Waals surface area contributed by atoms with Crippen LogP contribution in [-0.2, 0) is 10.8 Å². The SMILES string of the molecule is CCCC(N)C(CC)S(=O)CC(C)CC. The molecule has 0 aromatic rings. The average molecular weight is 233 g/mol. The topological polar surface area (TPSA) is 43.1 Å². The third-order valence-electron chi connectivity index (χ3n) is 2.99. The zero-order chi connectivity index (χ0) is 11.8. The van der Waals surface area contributed by atoms with Gasteiger partial charge >= 0.3 is 0 Å². The van der Waals surface area contributed by atoms with E-state index in [1.165, 1.54) is 0 Å². The summed E-state index contributed by atoms with van der Waals surface area (Å²) in [6.45, 7) is 8.53. The average Bonchev–Trinajstić information content (AvgIpc) is 2.19. The van der Waals surface area contributed by atoms with Crippen molar-refractivity contribution in [3.8, 4) is 0 Å². The highest BCUT2D eigenvalue weighted by molar-refractivity contribution is 7.85. The molecule has 92 valence electrons. The van der Waals surface area contributed by atoms with Crippen molar-refractivity contribution in [3.63, 3.8) is 0 Å². The van der Waals surface area contributed by atoms with Crippen LogP contribution < -0.4 is 5.73 Å². The lowest BCUT2D eigenvalue weighted by Gasteiger charge is -2.23. The van der Waals surface area contributed by atoms with Crippen LogP contribution in [-0.4, -0.2) is 21.3 Å². The standard InChI is InChI=1S/C12H27NOS/c1-5-8-11(13)12(7-3)15(14)9-10(4)6-2/h10-12H,5-9,13H2,1-4H3. The largest absolute Gasteiger partial charge is 0.327 e. The first-order valence-electron chi connectivity index (χ1n) is 6.19. The molecule has 0 aromatic heterocycles. The molecule has 0 fully saturated rings. The minimum absolute atomic E-state index is 0.116. The molecule has 0 heterocycles. The second-order valence-corrected chi connectivity index (χ2v) is 6.16. The van der Waals surface area contributed by atoms with Gasteiger partial charge in [0.2, 0.25) is 0 Å². The van der Waals surface area contributed by atoms with Crippen molar-refractivity contribution in [1.82, 2.24) is 0 Å². The molecule has 0 spiro atoms. The molecule has 0 amide bonds. The zero-order valence-corrected chi connectivity index (χ0v) is 11.5. The molecule has 4 unspecified atom stereocenters. The number of hydrogen-bond acceptors (Lipinski definition) is 2. The first-order chi connectivity index (χ1) is 7.06. The summed E-state index contributed by atoms with van der Waals surface area (Å²) in [7, 11) is -0.744. The maximum Gasteiger partial charge on any atom is 0.0496 e. The Morgan fingerprint density at radius 2 is 1.80 bits per heavy atom. The number of nitrogens with two attached hydrogens (primary N) is 1. The Kier molecular flexibility index (Phi) is 8.34. The Balaban J connectivity index is 4.20. The van der Waals surface area contributed by atoms with Crippen LogP contribution in [0.15, 0.2) is 0 Å². The minimum Gasteiger partial charge on any atom is -0.327 e. The quantitative estimate of drug-likeness (QED) is 0.700. The Labute approximate surface area is 97.5 Å². The highest BCUT2D eigenvalue weighted by atomic mass is 32.2. The monoisotopic (exact) mass is 233 g/mol. The molecule has 0 saturated heterocycles. The van der Waals surface area contributed by atoms with Gasteiger partial charge in [0, 0.05) is 27.8 Å². The Hall–Kier alpha value is 0.110. The predicted octanol–water partition coefficient (Wildman–Crippen LogP) is 2.69. The molecule has 3 heteroatoms. The fraction of sp³-hybridized carbons (Fsp3) is 1.00. The molecule has 4 atom stereocenters. The van der Waals surface area contributed by atoms with Gasteiger partial charge in [-0.15, -0.1) is 0 Å². The fourth-order valence-corrected chi connectivity index (χ4v) is 3.67. The molecule has 2 nitrogen and oxygen atoms in total. The highest BCUT2D eigenvalue weighted by Gasteiger charge is 2.22. The van der Waals surface area contributed by atoms with E-state index in [2.05, 4.69) is 27.7 Å². The van der Waals surface area contributed by atoms with Crippen LogP contribution in [0.5, 0.6) is 0 Å². The number of rotatable bonds is 8. The van der Waals surface area contributed by atoms with Crippen molar-refractivity contribution in [1.29, 1.82) is 0 Å². The molecule has 0 aliphatic carbocycles. The van der Waals surface area contributed by atoms with E-state index in [1.807, 2.05) is 0 Å². The van der Waals surface area contributed by atoms with Gasteiger partial charge < -0.3 is 5.73 Å². The van der Waals surface area contributed by atoms with Crippen LogP contribution in [0.2, 0.25) is 0 Å². The molecule has 0 radical (unpaired) electrons. The van der Waals surface area contributed by atoms with Gasteiger partial charge in [-0.05, 0) is 18.8 Å². The lowest BCUT2D eigenvalue weighted by Crippen LogP contribution is -2.38. The molecular formula is C12H27NOS. The summed E-state index contributed by atoms with van der Waals surface area (Å²) in [5.41, 5.74) is 6.06. The van der Waals surface area contributed by atoms with Crippen molar-refractivity contribution in [2.24, 2.45) is 11.7 Å². The van der Waals surface area contributed by atoms with E-state index in [4.69, 9.17) is 5.73 Å². The molecular weight excluding hydrogens is 206 g/mol. The van der Waals surface area contributed by atoms with Crippen molar-refractivity contribution in [3.05, 3.63) is 0 Å². The summed E-state index contributed by atoms with van der Waals surface area (Å²) in [6.07, 6.45) is 4.11. The van der Waals surface area contributed by atoms with Gasteiger partial charge in [0.05, 0.1) is 0 Å². The van der Waals surface area contributed by atoms with Gasteiger partial charge in [-0.25, -0.2) is 0 Å². The van der Waals surface area contributed by atoms with Gasteiger partial charge in [0.1, 0.15) is 0 Å². The second kappa shape index (κ2) is 8.28. The molecule has 0 aliphatic rings. The smallest absolute Gasteiger partial charge is 0.0496 e. The van der Waals surface area contributed by atoms with E-state index in [1.54, 1.807) is 0 Å². The molecule has 0 bridgehead atoms. The van der Waals surface area contributed by atoms with Crippen molar-refractivity contribution in [2.45, 2.75) is 64.7 Å². The van der Waals surface area contributed by atoms with E-state index in [9.17, 15) is 4.21 Å². The van der Waals surface area contributed by atoms with E-state index >= 15 is 0 Å². The van der Waals surface area contributed by atoms with Crippen LogP contribution in [0, 0.1) is 5.92 Å². The van der Waals surface area contributed by atoms with E-state index in [0.717, 1.165) is 31.4 Å². The van der Waals surface area contributed by atoms with Crippen molar-refractivity contribution < 1.29 is 4.21 Å². The Morgan fingerprint density at radius 1 is 1.20 bits per heavy atom. The van der Waals surface area contributed by atoms with Crippen LogP contribution in [0.3, 0.4) is 0 Å². The number of hydrogen-bond donors (Lipinski definition) is 1. The molecule has 0 aliphatic heterocycles. The van der Waals surface area contributed by atoms with Crippen molar-refractivity contribution in [2.75, 3.05) is 5.75 Å². The zero-order valence-electron chi connectivity index (χ0n) is 10.7. The lowest BCUT2D eigenvalue weighted by atomic mass is 10.1. The summed E-state index contributed by atoms with van der Waals surface area (Å²) in [5.74, 6) is 1.36. The lowest BCUT2D eigenvalue weighted by molar-refractivity contribution is 0.541. The third kappa shape index (κ3) is 5.67. The van der Waals surface area contributed by atoms with E-state index in [0.29, 0.717) is 5.92 Å². The highest BCUT2D eigenvalue weighted by Crippen LogP contribution is 2.14. The normalized spacial score (nSPS) is 19.5. The predicted molar refractivity (Wildman–Crippen MR) is 69.4 cm³/mol. The Morgan fingerprint density at radius 3 is 2.20 bits per heavy atom. The van der Waals surface area contributed by atoms with E-state index < -0.39 is 10.8 Å². The van der Waals surface area contributed by atoms with Gasteiger partial charge in [-0.3, -0.25) is 4.21 Å². The first-order valence-corrected chi connectivity index (χ1v) is 7.57. The molecule has 0 aromatic carbocycles. The first kappa shape index (κ1) is 15.1. The summed E-state index contributed by atoms with van der Waals surface area (Å²) in [6, 6.07) is 0.116.